The average Bonchev–Trinajstić information content (AvgIpc) is 3.17. The summed E-state index contributed by atoms with van der Waals surface area (Å²) < 4.78 is 5.10. The van der Waals surface area contributed by atoms with Crippen molar-refractivity contribution in [2.24, 2.45) is 0 Å². The van der Waals surface area contributed by atoms with Gasteiger partial charge in [-0.25, -0.2) is 0 Å². The highest BCUT2D eigenvalue weighted by molar-refractivity contribution is 7.10. The number of carbonyl (C=O) groups excluding carboxylic acids is 2. The molecule has 5 nitrogen and oxygen atoms in total. The third-order valence-corrected chi connectivity index (χ3v) is 6.79. The van der Waals surface area contributed by atoms with Crippen LogP contribution in [0.3, 0.4) is 0 Å². The zero-order chi connectivity index (χ0) is 21.3. The molecule has 0 N–H and O–H groups in total. The van der Waals surface area contributed by atoms with Gasteiger partial charge in [0.15, 0.2) is 0 Å². The van der Waals surface area contributed by atoms with Crippen LogP contribution >= 0.6 is 11.3 Å². The van der Waals surface area contributed by atoms with Crippen LogP contribution in [0.4, 0.5) is 0 Å². The van der Waals surface area contributed by atoms with Crippen LogP contribution in [0.1, 0.15) is 48.1 Å². The summed E-state index contributed by atoms with van der Waals surface area (Å²) in [5, 5.41) is 2.06. The van der Waals surface area contributed by atoms with Gasteiger partial charge in [-0.3, -0.25) is 9.59 Å². The molecular weight excluding hydrogens is 396 g/mol. The Bertz CT molecular complexity index is 815. The molecule has 1 heterocycles. The molecule has 162 valence electrons. The van der Waals surface area contributed by atoms with Crippen molar-refractivity contribution < 1.29 is 14.3 Å². The Hall–Kier alpha value is -2.18. The summed E-state index contributed by atoms with van der Waals surface area (Å²) in [6, 6.07) is 12.3. The van der Waals surface area contributed by atoms with Gasteiger partial charge in [0.05, 0.1) is 6.54 Å². The fourth-order valence-electron chi connectivity index (χ4n) is 4.04. The number of methoxy groups -OCH3 is 1. The second-order valence-electron chi connectivity index (χ2n) is 8.01. The topological polar surface area (TPSA) is 49.9 Å². The maximum Gasteiger partial charge on any atom is 0.249 e. The van der Waals surface area contributed by atoms with Crippen LogP contribution in [0, 0.1) is 6.92 Å². The Morgan fingerprint density at radius 3 is 2.40 bits per heavy atom. The maximum absolute atomic E-state index is 13.4. The molecule has 0 aliphatic heterocycles. The predicted octanol–water partition coefficient (Wildman–Crippen LogP) is 4.39. The van der Waals surface area contributed by atoms with Crippen molar-refractivity contribution in [3.8, 4) is 0 Å². The van der Waals surface area contributed by atoms with Gasteiger partial charge in [-0.15, -0.1) is 11.3 Å². The molecule has 2 amide bonds. The van der Waals surface area contributed by atoms with Gasteiger partial charge >= 0.3 is 0 Å². The van der Waals surface area contributed by atoms with Crippen molar-refractivity contribution >= 4 is 23.2 Å². The number of carbonyl (C=O) groups is 2. The Kier molecular flexibility index (Phi) is 8.46. The van der Waals surface area contributed by atoms with Gasteiger partial charge in [-0.2, -0.15) is 0 Å². The zero-order valence-electron chi connectivity index (χ0n) is 18.0. The van der Waals surface area contributed by atoms with Gasteiger partial charge in [0.25, 0.3) is 0 Å². The van der Waals surface area contributed by atoms with E-state index in [0.717, 1.165) is 31.2 Å². The molecule has 6 heteroatoms. The Labute approximate surface area is 183 Å². The van der Waals surface area contributed by atoms with Crippen molar-refractivity contribution in [2.45, 2.75) is 58.2 Å². The molecule has 1 aliphatic carbocycles. The zero-order valence-corrected chi connectivity index (χ0v) is 18.8. The summed E-state index contributed by atoms with van der Waals surface area (Å²) in [6.07, 6.45) is 5.35. The second kappa shape index (κ2) is 11.3. The number of aryl methyl sites for hydroxylation is 1. The quantitative estimate of drug-likeness (QED) is 0.595. The summed E-state index contributed by atoms with van der Waals surface area (Å²) in [7, 11) is 1.53. The largest absolute Gasteiger partial charge is 0.375 e. The van der Waals surface area contributed by atoms with E-state index in [2.05, 4.69) is 18.4 Å². The molecule has 1 fully saturated rings. The first-order chi connectivity index (χ1) is 14.6. The van der Waals surface area contributed by atoms with Gasteiger partial charge in [0, 0.05) is 24.6 Å². The average molecular weight is 429 g/mol. The highest BCUT2D eigenvalue weighted by Gasteiger charge is 2.29. The lowest BCUT2D eigenvalue weighted by atomic mass is 9.94. The van der Waals surface area contributed by atoms with E-state index in [1.54, 1.807) is 16.2 Å². The molecule has 30 heavy (non-hydrogen) atoms. The first-order valence-corrected chi connectivity index (χ1v) is 11.6. The molecule has 0 bridgehead atoms. The minimum Gasteiger partial charge on any atom is -0.375 e. The van der Waals surface area contributed by atoms with Crippen LogP contribution in [0.5, 0.6) is 0 Å². The molecule has 0 saturated heterocycles. The third-order valence-electron chi connectivity index (χ3n) is 5.78. The SMILES string of the molecule is COCC(=O)N(CC(=O)N(Cc1ccccc1)Cc1sccc1C)C1CCCCC1. The third kappa shape index (κ3) is 6.16. The molecule has 2 aromatic rings. The van der Waals surface area contributed by atoms with Crippen molar-refractivity contribution in [3.63, 3.8) is 0 Å². The van der Waals surface area contributed by atoms with E-state index < -0.39 is 0 Å². The number of ether oxygens (including phenoxy) is 1. The molecular formula is C24H32N2O3S. The van der Waals surface area contributed by atoms with E-state index in [9.17, 15) is 9.59 Å². The molecule has 0 radical (unpaired) electrons. The van der Waals surface area contributed by atoms with Gasteiger partial charge in [-0.05, 0) is 42.3 Å². The number of rotatable bonds is 9. The van der Waals surface area contributed by atoms with Crippen molar-refractivity contribution in [1.29, 1.82) is 0 Å². The number of benzene rings is 1. The molecule has 1 aromatic carbocycles. The molecule has 0 unspecified atom stereocenters. The van der Waals surface area contributed by atoms with Crippen molar-refractivity contribution in [3.05, 3.63) is 57.8 Å². The lowest BCUT2D eigenvalue weighted by Crippen LogP contribution is -2.49. The lowest BCUT2D eigenvalue weighted by Gasteiger charge is -2.35. The second-order valence-corrected chi connectivity index (χ2v) is 9.01. The van der Waals surface area contributed by atoms with E-state index >= 15 is 0 Å². The number of hydrogen-bond donors (Lipinski definition) is 0. The highest BCUT2D eigenvalue weighted by Crippen LogP contribution is 2.24. The first-order valence-electron chi connectivity index (χ1n) is 10.7. The first kappa shape index (κ1) is 22.5. The molecule has 1 aliphatic rings. The summed E-state index contributed by atoms with van der Waals surface area (Å²) in [6.45, 7) is 3.31. The Morgan fingerprint density at radius 1 is 1.03 bits per heavy atom. The predicted molar refractivity (Wildman–Crippen MR) is 120 cm³/mol. The fraction of sp³-hybridized carbons (Fsp3) is 0.500. The van der Waals surface area contributed by atoms with Crippen LogP contribution in [0.15, 0.2) is 41.8 Å². The van der Waals surface area contributed by atoms with Crippen LogP contribution < -0.4 is 0 Å². The van der Waals surface area contributed by atoms with Crippen LogP contribution in [0.2, 0.25) is 0 Å². The minimum absolute atomic E-state index is 0.0123. The fourth-order valence-corrected chi connectivity index (χ4v) is 4.96. The highest BCUT2D eigenvalue weighted by atomic mass is 32.1. The van der Waals surface area contributed by atoms with E-state index in [-0.39, 0.29) is 31.0 Å². The van der Waals surface area contributed by atoms with E-state index in [1.165, 1.54) is 24.0 Å². The summed E-state index contributed by atoms with van der Waals surface area (Å²) in [5.74, 6) is -0.105. The monoisotopic (exact) mass is 428 g/mol. The lowest BCUT2D eigenvalue weighted by molar-refractivity contribution is -0.146. The molecule has 1 saturated carbocycles. The van der Waals surface area contributed by atoms with E-state index in [0.29, 0.717) is 13.1 Å². The summed E-state index contributed by atoms with van der Waals surface area (Å²) in [4.78, 5) is 31.0. The number of hydrogen-bond acceptors (Lipinski definition) is 4. The summed E-state index contributed by atoms with van der Waals surface area (Å²) >= 11 is 1.67. The normalized spacial score (nSPS) is 14.5. The number of amides is 2. The van der Waals surface area contributed by atoms with Crippen LogP contribution in [-0.2, 0) is 27.4 Å². The summed E-state index contributed by atoms with van der Waals surface area (Å²) in [5.41, 5.74) is 2.29. The Morgan fingerprint density at radius 2 is 1.77 bits per heavy atom. The van der Waals surface area contributed by atoms with Crippen molar-refractivity contribution in [1.82, 2.24) is 9.80 Å². The molecule has 0 atom stereocenters. The van der Waals surface area contributed by atoms with E-state index in [4.69, 9.17) is 4.74 Å². The van der Waals surface area contributed by atoms with Crippen molar-refractivity contribution in [2.75, 3.05) is 20.3 Å². The van der Waals surface area contributed by atoms with E-state index in [1.807, 2.05) is 35.2 Å². The van der Waals surface area contributed by atoms with Crippen LogP contribution in [-0.4, -0.2) is 47.9 Å². The molecule has 0 spiro atoms. The number of nitrogens with zero attached hydrogens (tertiary/aromatic N) is 2. The maximum atomic E-state index is 13.4. The molecule has 1 aromatic heterocycles. The molecule has 3 rings (SSSR count). The minimum atomic E-state index is -0.0929. The number of thiophene rings is 1. The van der Waals surface area contributed by atoms with Gasteiger partial charge in [0.1, 0.15) is 13.2 Å². The standard InChI is InChI=1S/C24H32N2O3S/c1-19-13-14-30-22(19)16-25(15-20-9-5-3-6-10-20)23(27)17-26(24(28)18-29-2)21-11-7-4-8-12-21/h3,5-6,9-10,13-14,21H,4,7-8,11-12,15-18H2,1-2H3. The van der Waals surface area contributed by atoms with Gasteiger partial charge in [-0.1, -0.05) is 49.6 Å². The smallest absolute Gasteiger partial charge is 0.249 e. The van der Waals surface area contributed by atoms with Crippen LogP contribution in [0.25, 0.3) is 0 Å². The van der Waals surface area contributed by atoms with Gasteiger partial charge in [0.2, 0.25) is 11.8 Å². The Balaban J connectivity index is 1.78. The van der Waals surface area contributed by atoms with Gasteiger partial charge < -0.3 is 14.5 Å².